The van der Waals surface area contributed by atoms with Gasteiger partial charge in [0, 0.05) is 0 Å². The van der Waals surface area contributed by atoms with Crippen LogP contribution in [0.2, 0.25) is 0 Å². The van der Waals surface area contributed by atoms with Gasteiger partial charge in [-0.05, 0) is 52.4 Å². The van der Waals surface area contributed by atoms with E-state index in [1.807, 2.05) is 48.6 Å². The van der Waals surface area contributed by atoms with Gasteiger partial charge >= 0.3 is 6.03 Å². The van der Waals surface area contributed by atoms with Crippen LogP contribution in [0.1, 0.15) is 98.9 Å². The molecule has 0 spiro atoms. The molecule has 1 fully saturated rings. The summed E-state index contributed by atoms with van der Waals surface area (Å²) < 4.78 is 5.94. The van der Waals surface area contributed by atoms with Crippen molar-refractivity contribution in [2.75, 3.05) is 6.61 Å². The molecule has 2 N–H and O–H groups in total. The van der Waals surface area contributed by atoms with Crippen LogP contribution in [0.3, 0.4) is 0 Å². The Morgan fingerprint density at radius 1 is 0.511 bits per heavy atom. The number of rotatable bonds is 17. The molecule has 4 amide bonds. The summed E-state index contributed by atoms with van der Waals surface area (Å²) in [5.41, 5.74) is 4.87. The zero-order valence-corrected chi connectivity index (χ0v) is 26.2. The minimum atomic E-state index is -0.808. The van der Waals surface area contributed by atoms with E-state index in [4.69, 9.17) is 4.74 Å². The van der Waals surface area contributed by atoms with Gasteiger partial charge < -0.3 is 4.74 Å². The van der Waals surface area contributed by atoms with E-state index in [9.17, 15) is 14.4 Å². The molecule has 1 aliphatic heterocycles. The lowest BCUT2D eigenvalue weighted by Crippen LogP contribution is -2.51. The number of hydrogen-bond donors (Lipinski definition) is 2. The Kier molecular flexibility index (Phi) is 13.4. The number of unbranched alkanes of at least 4 members (excludes halogenated alkanes) is 9. The summed E-state index contributed by atoms with van der Waals surface area (Å²) in [6, 6.07) is 23.2. The highest BCUT2D eigenvalue weighted by atomic mass is 16.5. The van der Waals surface area contributed by atoms with Crippen LogP contribution in [0.25, 0.3) is 30.4 Å². The van der Waals surface area contributed by atoms with Crippen molar-refractivity contribution in [2.24, 2.45) is 0 Å². The minimum Gasteiger partial charge on any atom is -0.494 e. The predicted molar refractivity (Wildman–Crippen MR) is 184 cm³/mol. The molecular formula is C39H44N2O4. The summed E-state index contributed by atoms with van der Waals surface area (Å²) in [6.07, 6.45) is 23.0. The number of nitrogens with one attached hydrogen (secondary N) is 2. The smallest absolute Gasteiger partial charge is 0.328 e. The van der Waals surface area contributed by atoms with Gasteiger partial charge in [0.1, 0.15) is 11.3 Å². The van der Waals surface area contributed by atoms with E-state index in [-0.39, 0.29) is 5.57 Å². The van der Waals surface area contributed by atoms with E-state index in [0.717, 1.165) is 41.0 Å². The van der Waals surface area contributed by atoms with Gasteiger partial charge in [0.25, 0.3) is 11.8 Å². The monoisotopic (exact) mass is 604 g/mol. The Morgan fingerprint density at radius 3 is 1.33 bits per heavy atom. The average molecular weight is 605 g/mol. The molecule has 3 aromatic carbocycles. The molecule has 0 unspecified atom stereocenters. The van der Waals surface area contributed by atoms with Crippen LogP contribution in [0.4, 0.5) is 4.79 Å². The van der Waals surface area contributed by atoms with Gasteiger partial charge in [-0.2, -0.15) is 0 Å². The van der Waals surface area contributed by atoms with E-state index in [1.165, 1.54) is 63.9 Å². The number of amides is 4. The zero-order valence-electron chi connectivity index (χ0n) is 26.2. The third-order valence-corrected chi connectivity index (χ3v) is 7.71. The van der Waals surface area contributed by atoms with Crippen molar-refractivity contribution in [1.82, 2.24) is 10.6 Å². The highest BCUT2D eigenvalue weighted by molar-refractivity contribution is 6.31. The summed E-state index contributed by atoms with van der Waals surface area (Å²) in [7, 11) is 0. The van der Waals surface area contributed by atoms with Crippen molar-refractivity contribution < 1.29 is 19.1 Å². The molecule has 1 heterocycles. The van der Waals surface area contributed by atoms with Crippen molar-refractivity contribution in [1.29, 1.82) is 0 Å². The molecule has 45 heavy (non-hydrogen) atoms. The number of hydrogen-bond acceptors (Lipinski definition) is 4. The van der Waals surface area contributed by atoms with Crippen LogP contribution in [0.5, 0.6) is 5.75 Å². The fourth-order valence-corrected chi connectivity index (χ4v) is 5.03. The van der Waals surface area contributed by atoms with Crippen molar-refractivity contribution in [3.63, 3.8) is 0 Å². The van der Waals surface area contributed by atoms with E-state index in [0.29, 0.717) is 5.56 Å². The molecule has 1 aliphatic rings. The Bertz CT molecular complexity index is 1460. The van der Waals surface area contributed by atoms with Crippen molar-refractivity contribution in [2.45, 2.75) is 71.1 Å². The first-order valence-electron chi connectivity index (χ1n) is 16.2. The lowest BCUT2D eigenvalue weighted by Gasteiger charge is -2.13. The SMILES string of the molecule is CCCCCCCCCCCCOc1ccc(/C=C/c2ccc(/C=C/c3ccc(C=C4C(=O)NC(=O)NC4=O)cc3)cc2)cc1. The molecule has 0 bridgehead atoms. The van der Waals surface area contributed by atoms with Crippen LogP contribution >= 0.6 is 0 Å². The first kappa shape index (κ1) is 33.2. The van der Waals surface area contributed by atoms with Gasteiger partial charge in [-0.1, -0.05) is 150 Å². The van der Waals surface area contributed by atoms with Crippen LogP contribution in [0.15, 0.2) is 78.4 Å². The van der Waals surface area contributed by atoms with Gasteiger partial charge in [0.15, 0.2) is 0 Å². The average Bonchev–Trinajstić information content (AvgIpc) is 3.05. The number of ether oxygens (including phenoxy) is 1. The highest BCUT2D eigenvalue weighted by Gasteiger charge is 2.27. The molecular weight excluding hydrogens is 560 g/mol. The number of carbonyl (C=O) groups is 3. The predicted octanol–water partition coefficient (Wildman–Crippen LogP) is 9.08. The number of urea groups is 1. The van der Waals surface area contributed by atoms with E-state index >= 15 is 0 Å². The van der Waals surface area contributed by atoms with Gasteiger partial charge in [-0.3, -0.25) is 20.2 Å². The van der Waals surface area contributed by atoms with E-state index in [1.54, 1.807) is 0 Å². The first-order valence-corrected chi connectivity index (χ1v) is 16.2. The van der Waals surface area contributed by atoms with Gasteiger partial charge in [0.2, 0.25) is 0 Å². The second kappa shape index (κ2) is 18.2. The second-order valence-corrected chi connectivity index (χ2v) is 11.4. The molecule has 0 aromatic heterocycles. The summed E-state index contributed by atoms with van der Waals surface area (Å²) in [5.74, 6) is -0.486. The summed E-state index contributed by atoms with van der Waals surface area (Å²) in [6.45, 7) is 3.04. The quantitative estimate of drug-likeness (QED) is 0.0697. The Balaban J connectivity index is 1.16. The van der Waals surface area contributed by atoms with Gasteiger partial charge in [0.05, 0.1) is 6.61 Å². The third-order valence-electron chi connectivity index (χ3n) is 7.71. The molecule has 234 valence electrons. The maximum atomic E-state index is 11.9. The van der Waals surface area contributed by atoms with Crippen LogP contribution in [-0.2, 0) is 9.59 Å². The number of carbonyl (C=O) groups excluding carboxylic acids is 3. The Hall–Kier alpha value is -4.71. The minimum absolute atomic E-state index is 0.104. The van der Waals surface area contributed by atoms with Crippen LogP contribution in [0, 0.1) is 0 Å². The molecule has 0 saturated carbocycles. The molecule has 0 aliphatic carbocycles. The Labute approximate surface area is 267 Å². The molecule has 3 aromatic rings. The topological polar surface area (TPSA) is 84.5 Å². The van der Waals surface area contributed by atoms with E-state index in [2.05, 4.69) is 66.1 Å². The number of benzene rings is 3. The van der Waals surface area contributed by atoms with Crippen molar-refractivity contribution >= 4 is 48.2 Å². The zero-order chi connectivity index (χ0) is 31.7. The van der Waals surface area contributed by atoms with Crippen LogP contribution in [-0.4, -0.2) is 24.5 Å². The summed E-state index contributed by atoms with van der Waals surface area (Å²) in [5, 5.41) is 4.14. The maximum absolute atomic E-state index is 11.9. The highest BCUT2D eigenvalue weighted by Crippen LogP contribution is 2.18. The fraction of sp³-hybridized carbons (Fsp3) is 0.308. The maximum Gasteiger partial charge on any atom is 0.328 e. The molecule has 6 heteroatoms. The van der Waals surface area contributed by atoms with Crippen molar-refractivity contribution in [3.05, 3.63) is 106 Å². The standard InChI is InChI=1S/C39H44N2O4/c1-2-3-4-5-6-7-8-9-10-11-28-45-35-26-24-33(25-27-35)19-18-31-14-12-30(13-15-31)16-17-32-20-22-34(23-21-32)29-36-37(42)40-39(44)41-38(36)43/h12-27,29H,2-11,28H2,1H3,(H2,40,41,42,43,44)/b17-16+,19-18+. The summed E-state index contributed by atoms with van der Waals surface area (Å²) in [4.78, 5) is 35.0. The summed E-state index contributed by atoms with van der Waals surface area (Å²) >= 11 is 0. The molecule has 1 saturated heterocycles. The van der Waals surface area contributed by atoms with Gasteiger partial charge in [-0.15, -0.1) is 0 Å². The molecule has 0 atom stereocenters. The van der Waals surface area contributed by atoms with E-state index < -0.39 is 17.8 Å². The number of imide groups is 2. The van der Waals surface area contributed by atoms with Crippen LogP contribution < -0.4 is 15.4 Å². The molecule has 4 rings (SSSR count). The number of barbiturate groups is 1. The molecule has 6 nitrogen and oxygen atoms in total. The lowest BCUT2D eigenvalue weighted by atomic mass is 10.1. The normalized spacial score (nSPS) is 13.4. The lowest BCUT2D eigenvalue weighted by molar-refractivity contribution is -0.123. The largest absolute Gasteiger partial charge is 0.494 e. The van der Waals surface area contributed by atoms with Gasteiger partial charge in [-0.25, -0.2) is 4.79 Å². The van der Waals surface area contributed by atoms with Crippen molar-refractivity contribution in [3.8, 4) is 5.75 Å². The third kappa shape index (κ3) is 11.7. The fourth-order valence-electron chi connectivity index (χ4n) is 5.03. The second-order valence-electron chi connectivity index (χ2n) is 11.4. The Morgan fingerprint density at radius 2 is 0.889 bits per heavy atom. The first-order chi connectivity index (χ1) is 22.0. The molecule has 0 radical (unpaired) electrons.